The SMILES string of the molecule is C[C@H](OC(=O)c1cc2ccccc2cc1O)C(=O)NCCc1ccc(F)cc1. The molecule has 6 heteroatoms. The van der Waals surface area contributed by atoms with Crippen LogP contribution in [0.5, 0.6) is 5.75 Å². The van der Waals surface area contributed by atoms with E-state index in [-0.39, 0.29) is 17.1 Å². The predicted octanol–water partition coefficient (Wildman–Crippen LogP) is 3.59. The monoisotopic (exact) mass is 381 g/mol. The molecule has 28 heavy (non-hydrogen) atoms. The van der Waals surface area contributed by atoms with E-state index in [1.54, 1.807) is 12.1 Å². The van der Waals surface area contributed by atoms with E-state index in [0.717, 1.165) is 16.3 Å². The van der Waals surface area contributed by atoms with Gasteiger partial charge in [-0.3, -0.25) is 4.79 Å². The van der Waals surface area contributed by atoms with E-state index in [1.807, 2.05) is 24.3 Å². The van der Waals surface area contributed by atoms with Crippen LogP contribution in [0.4, 0.5) is 4.39 Å². The zero-order valence-corrected chi connectivity index (χ0v) is 15.3. The summed E-state index contributed by atoms with van der Waals surface area (Å²) in [6.07, 6.45) is -0.496. The van der Waals surface area contributed by atoms with Crippen LogP contribution in [0.25, 0.3) is 10.8 Å². The van der Waals surface area contributed by atoms with E-state index < -0.39 is 18.0 Å². The molecule has 0 unspecified atom stereocenters. The molecule has 0 saturated carbocycles. The summed E-state index contributed by atoms with van der Waals surface area (Å²) in [7, 11) is 0. The van der Waals surface area contributed by atoms with Gasteiger partial charge in [0.05, 0.1) is 0 Å². The Morgan fingerprint density at radius 1 is 1.07 bits per heavy atom. The van der Waals surface area contributed by atoms with E-state index in [4.69, 9.17) is 4.74 Å². The third-order valence-corrected chi connectivity index (χ3v) is 4.36. The van der Waals surface area contributed by atoms with Gasteiger partial charge in [-0.2, -0.15) is 0 Å². The maximum Gasteiger partial charge on any atom is 0.342 e. The van der Waals surface area contributed by atoms with Crippen LogP contribution in [-0.2, 0) is 16.0 Å². The van der Waals surface area contributed by atoms with Crippen molar-refractivity contribution < 1.29 is 23.8 Å². The summed E-state index contributed by atoms with van der Waals surface area (Å²) in [4.78, 5) is 24.5. The van der Waals surface area contributed by atoms with Crippen LogP contribution >= 0.6 is 0 Å². The van der Waals surface area contributed by atoms with Gasteiger partial charge in [0.1, 0.15) is 17.1 Å². The first-order chi connectivity index (χ1) is 13.4. The highest BCUT2D eigenvalue weighted by Crippen LogP contribution is 2.25. The number of rotatable bonds is 6. The minimum atomic E-state index is -1.02. The number of phenols is 1. The van der Waals surface area contributed by atoms with Crippen molar-refractivity contribution in [1.29, 1.82) is 0 Å². The van der Waals surface area contributed by atoms with Crippen molar-refractivity contribution >= 4 is 22.6 Å². The van der Waals surface area contributed by atoms with Crippen LogP contribution in [0.15, 0.2) is 60.7 Å². The molecule has 0 aromatic heterocycles. The molecule has 0 bridgehead atoms. The van der Waals surface area contributed by atoms with Crippen LogP contribution in [0.3, 0.4) is 0 Å². The maximum absolute atomic E-state index is 12.9. The van der Waals surface area contributed by atoms with Gasteiger partial charge in [-0.25, -0.2) is 9.18 Å². The standard InChI is InChI=1S/C22H20FNO4/c1-14(21(26)24-11-10-15-6-8-18(23)9-7-15)28-22(27)19-12-16-4-2-3-5-17(16)13-20(19)25/h2-9,12-14,25H,10-11H2,1H3,(H,24,26)/t14-/m0/s1. The van der Waals surface area contributed by atoms with Crippen molar-refractivity contribution in [2.75, 3.05) is 6.54 Å². The van der Waals surface area contributed by atoms with E-state index in [2.05, 4.69) is 5.32 Å². The molecule has 1 atom stereocenters. The lowest BCUT2D eigenvalue weighted by atomic mass is 10.1. The smallest absolute Gasteiger partial charge is 0.342 e. The number of carbonyl (C=O) groups excluding carboxylic acids is 2. The summed E-state index contributed by atoms with van der Waals surface area (Å²) in [5.74, 6) is -1.74. The third-order valence-electron chi connectivity index (χ3n) is 4.36. The number of carbonyl (C=O) groups is 2. The number of halogens is 1. The van der Waals surface area contributed by atoms with Crippen molar-refractivity contribution in [3.8, 4) is 5.75 Å². The molecule has 0 heterocycles. The van der Waals surface area contributed by atoms with E-state index in [1.165, 1.54) is 31.2 Å². The normalized spacial score (nSPS) is 11.8. The first-order valence-corrected chi connectivity index (χ1v) is 8.89. The number of benzene rings is 3. The lowest BCUT2D eigenvalue weighted by Gasteiger charge is -2.14. The van der Waals surface area contributed by atoms with Crippen LogP contribution in [-0.4, -0.2) is 29.6 Å². The largest absolute Gasteiger partial charge is 0.507 e. The van der Waals surface area contributed by atoms with Crippen molar-refractivity contribution in [2.45, 2.75) is 19.4 Å². The van der Waals surface area contributed by atoms with E-state index in [0.29, 0.717) is 13.0 Å². The molecule has 0 fully saturated rings. The molecule has 5 nitrogen and oxygen atoms in total. The zero-order valence-electron chi connectivity index (χ0n) is 15.3. The quantitative estimate of drug-likeness (QED) is 0.640. The number of phenolic OH excluding ortho intramolecular Hbond substituents is 1. The predicted molar refractivity (Wildman–Crippen MR) is 104 cm³/mol. The Hall–Kier alpha value is -3.41. The van der Waals surface area contributed by atoms with Gasteiger partial charge in [-0.05, 0) is 53.9 Å². The van der Waals surface area contributed by atoms with Crippen LogP contribution < -0.4 is 5.32 Å². The first kappa shape index (κ1) is 19.4. The number of hydrogen-bond acceptors (Lipinski definition) is 4. The highest BCUT2D eigenvalue weighted by atomic mass is 19.1. The highest BCUT2D eigenvalue weighted by molar-refractivity contribution is 5.99. The van der Waals surface area contributed by atoms with Crippen molar-refractivity contribution in [1.82, 2.24) is 5.32 Å². The number of amides is 1. The molecule has 0 aliphatic heterocycles. The van der Waals surface area contributed by atoms with E-state index in [9.17, 15) is 19.1 Å². The average molecular weight is 381 g/mol. The fraction of sp³-hybridized carbons (Fsp3) is 0.182. The van der Waals surface area contributed by atoms with Gasteiger partial charge in [-0.1, -0.05) is 36.4 Å². The topological polar surface area (TPSA) is 75.6 Å². The Bertz CT molecular complexity index is 1000. The molecular formula is C22H20FNO4. The molecule has 1 amide bonds. The number of hydrogen-bond donors (Lipinski definition) is 2. The molecule has 0 saturated heterocycles. The van der Waals surface area contributed by atoms with Gasteiger partial charge < -0.3 is 15.2 Å². The molecular weight excluding hydrogens is 361 g/mol. The minimum Gasteiger partial charge on any atom is -0.507 e. The Balaban J connectivity index is 1.56. The number of ether oxygens (including phenoxy) is 1. The van der Waals surface area contributed by atoms with Crippen LogP contribution in [0, 0.1) is 5.82 Å². The van der Waals surface area contributed by atoms with Crippen molar-refractivity contribution in [3.63, 3.8) is 0 Å². The molecule has 3 rings (SSSR count). The second-order valence-electron chi connectivity index (χ2n) is 6.43. The first-order valence-electron chi connectivity index (χ1n) is 8.89. The molecule has 0 aliphatic rings. The van der Waals surface area contributed by atoms with Gasteiger partial charge in [0, 0.05) is 6.54 Å². The van der Waals surface area contributed by atoms with Gasteiger partial charge in [0.15, 0.2) is 6.10 Å². The third kappa shape index (κ3) is 4.65. The molecule has 0 aliphatic carbocycles. The number of esters is 1. The fourth-order valence-corrected chi connectivity index (χ4v) is 2.79. The average Bonchev–Trinajstić information content (AvgIpc) is 2.68. The number of fused-ring (bicyclic) bond motifs is 1. The summed E-state index contributed by atoms with van der Waals surface area (Å²) in [6, 6.07) is 16.3. The zero-order chi connectivity index (χ0) is 20.1. The van der Waals surface area contributed by atoms with Crippen molar-refractivity contribution in [3.05, 3.63) is 77.6 Å². The van der Waals surface area contributed by atoms with Gasteiger partial charge in [0.2, 0.25) is 0 Å². The molecule has 3 aromatic carbocycles. The second-order valence-corrected chi connectivity index (χ2v) is 6.43. The van der Waals surface area contributed by atoms with Gasteiger partial charge >= 0.3 is 5.97 Å². The van der Waals surface area contributed by atoms with Crippen LogP contribution in [0.2, 0.25) is 0 Å². The maximum atomic E-state index is 12.9. The molecule has 144 valence electrons. The fourth-order valence-electron chi connectivity index (χ4n) is 2.79. The van der Waals surface area contributed by atoms with Gasteiger partial charge in [0.25, 0.3) is 5.91 Å². The van der Waals surface area contributed by atoms with E-state index >= 15 is 0 Å². The molecule has 2 N–H and O–H groups in total. The summed E-state index contributed by atoms with van der Waals surface area (Å²) >= 11 is 0. The molecule has 0 radical (unpaired) electrons. The summed E-state index contributed by atoms with van der Waals surface area (Å²) in [6.45, 7) is 1.79. The number of aromatic hydroxyl groups is 1. The molecule has 0 spiro atoms. The Morgan fingerprint density at radius 2 is 1.71 bits per heavy atom. The van der Waals surface area contributed by atoms with Crippen LogP contribution in [0.1, 0.15) is 22.8 Å². The summed E-state index contributed by atoms with van der Waals surface area (Å²) in [5.41, 5.74) is 0.886. The lowest BCUT2D eigenvalue weighted by molar-refractivity contribution is -0.129. The highest BCUT2D eigenvalue weighted by Gasteiger charge is 2.21. The molecule has 3 aromatic rings. The Morgan fingerprint density at radius 3 is 2.39 bits per heavy atom. The number of nitrogens with one attached hydrogen (secondary N) is 1. The minimum absolute atomic E-state index is 0.00432. The Kier molecular flexibility index (Phi) is 5.89. The second kappa shape index (κ2) is 8.52. The summed E-state index contributed by atoms with van der Waals surface area (Å²) in [5, 5.41) is 14.3. The lowest BCUT2D eigenvalue weighted by Crippen LogP contribution is -2.36. The summed E-state index contributed by atoms with van der Waals surface area (Å²) < 4.78 is 18.1. The van der Waals surface area contributed by atoms with Gasteiger partial charge in [-0.15, -0.1) is 0 Å². The van der Waals surface area contributed by atoms with Crippen molar-refractivity contribution in [2.24, 2.45) is 0 Å². The Labute approximate surface area is 161 Å².